The van der Waals surface area contributed by atoms with Gasteiger partial charge in [0, 0.05) is 6.54 Å². The third-order valence-corrected chi connectivity index (χ3v) is 2.96. The van der Waals surface area contributed by atoms with E-state index in [1.165, 1.54) is 25.1 Å². The van der Waals surface area contributed by atoms with Gasteiger partial charge >= 0.3 is 0 Å². The summed E-state index contributed by atoms with van der Waals surface area (Å²) in [6.45, 7) is 3.66. The summed E-state index contributed by atoms with van der Waals surface area (Å²) in [7, 11) is 1.64. The van der Waals surface area contributed by atoms with Crippen LogP contribution in [0, 0.1) is 0 Å². The molecule has 3 nitrogen and oxygen atoms in total. The second kappa shape index (κ2) is 4.53. The molecule has 0 spiro atoms. The van der Waals surface area contributed by atoms with Crippen molar-refractivity contribution in [2.75, 3.05) is 32.5 Å². The molecule has 3 heteroatoms. The highest BCUT2D eigenvalue weighted by molar-refractivity contribution is 5.54. The maximum Gasteiger partial charge on any atom is 0.141 e. The molecule has 2 rings (SSSR count). The first kappa shape index (κ1) is 10.3. The zero-order valence-corrected chi connectivity index (χ0v) is 9.20. The number of ether oxygens (including phenoxy) is 1. The van der Waals surface area contributed by atoms with Crippen LogP contribution in [0.3, 0.4) is 0 Å². The Bertz CT molecular complexity index is 334. The monoisotopic (exact) mass is 206 g/mol. The highest BCUT2D eigenvalue weighted by Crippen LogP contribution is 2.22. The highest BCUT2D eigenvalue weighted by Gasteiger charge is 2.12. The smallest absolute Gasteiger partial charge is 0.141 e. The van der Waals surface area contributed by atoms with Crippen LogP contribution in [0.5, 0.6) is 5.75 Å². The van der Waals surface area contributed by atoms with E-state index in [-0.39, 0.29) is 0 Å². The first-order chi connectivity index (χ1) is 7.29. The number of methoxy groups -OCH3 is 1. The van der Waals surface area contributed by atoms with Crippen LogP contribution in [0.4, 0.5) is 5.69 Å². The Kier molecular flexibility index (Phi) is 3.11. The summed E-state index contributed by atoms with van der Waals surface area (Å²) in [5, 5.41) is 0. The summed E-state index contributed by atoms with van der Waals surface area (Å²) in [6.07, 6.45) is 2.43. The fourth-order valence-electron chi connectivity index (χ4n) is 1.83. The molecular weight excluding hydrogens is 188 g/mol. The SMILES string of the molecule is COc1ccc(CCN2CCC2)cc1N. The van der Waals surface area contributed by atoms with E-state index in [9.17, 15) is 0 Å². The van der Waals surface area contributed by atoms with Crippen molar-refractivity contribution < 1.29 is 4.74 Å². The van der Waals surface area contributed by atoms with E-state index in [1.54, 1.807) is 7.11 Å². The van der Waals surface area contributed by atoms with Gasteiger partial charge in [0.05, 0.1) is 12.8 Å². The van der Waals surface area contributed by atoms with Crippen LogP contribution >= 0.6 is 0 Å². The number of nitrogens with zero attached hydrogens (tertiary/aromatic N) is 1. The second-order valence-electron chi connectivity index (χ2n) is 4.02. The molecule has 0 saturated carbocycles. The number of benzene rings is 1. The van der Waals surface area contributed by atoms with Crippen molar-refractivity contribution >= 4 is 5.69 Å². The van der Waals surface area contributed by atoms with Crippen LogP contribution in [0.25, 0.3) is 0 Å². The summed E-state index contributed by atoms with van der Waals surface area (Å²) in [5.74, 6) is 0.766. The normalized spacial score (nSPS) is 16.1. The summed E-state index contributed by atoms with van der Waals surface area (Å²) in [6, 6.07) is 6.05. The summed E-state index contributed by atoms with van der Waals surface area (Å²) in [4.78, 5) is 2.46. The summed E-state index contributed by atoms with van der Waals surface area (Å²) < 4.78 is 5.12. The predicted molar refractivity (Wildman–Crippen MR) is 62.2 cm³/mol. The summed E-state index contributed by atoms with van der Waals surface area (Å²) in [5.41, 5.74) is 7.87. The van der Waals surface area contributed by atoms with Gasteiger partial charge in [-0.25, -0.2) is 0 Å². The molecule has 1 aliphatic rings. The van der Waals surface area contributed by atoms with Crippen molar-refractivity contribution in [3.05, 3.63) is 23.8 Å². The van der Waals surface area contributed by atoms with Gasteiger partial charge in [-0.3, -0.25) is 0 Å². The van der Waals surface area contributed by atoms with Crippen LogP contribution in [0.1, 0.15) is 12.0 Å². The van der Waals surface area contributed by atoms with E-state index in [1.807, 2.05) is 12.1 Å². The van der Waals surface area contributed by atoms with E-state index in [2.05, 4.69) is 11.0 Å². The van der Waals surface area contributed by atoms with Gasteiger partial charge in [-0.15, -0.1) is 0 Å². The lowest BCUT2D eigenvalue weighted by Gasteiger charge is -2.30. The van der Waals surface area contributed by atoms with E-state index >= 15 is 0 Å². The molecule has 1 heterocycles. The molecule has 0 aromatic heterocycles. The third kappa shape index (κ3) is 2.42. The number of rotatable bonds is 4. The Labute approximate surface area is 90.8 Å². The molecule has 15 heavy (non-hydrogen) atoms. The topological polar surface area (TPSA) is 38.5 Å². The molecule has 0 amide bonds. The predicted octanol–water partition coefficient (Wildman–Crippen LogP) is 1.53. The lowest BCUT2D eigenvalue weighted by Crippen LogP contribution is -2.38. The third-order valence-electron chi connectivity index (χ3n) is 2.96. The fraction of sp³-hybridized carbons (Fsp3) is 0.500. The van der Waals surface area contributed by atoms with Crippen molar-refractivity contribution in [1.82, 2.24) is 4.90 Å². The highest BCUT2D eigenvalue weighted by atomic mass is 16.5. The number of nitrogen functional groups attached to an aromatic ring is 1. The lowest BCUT2D eigenvalue weighted by molar-refractivity contribution is 0.184. The van der Waals surface area contributed by atoms with Gasteiger partial charge in [0.15, 0.2) is 0 Å². The van der Waals surface area contributed by atoms with E-state index in [0.717, 1.165) is 24.4 Å². The van der Waals surface area contributed by atoms with E-state index in [0.29, 0.717) is 0 Å². The molecule has 0 aliphatic carbocycles. The molecule has 0 radical (unpaired) electrons. The zero-order valence-electron chi connectivity index (χ0n) is 9.20. The maximum absolute atomic E-state index is 5.85. The first-order valence-corrected chi connectivity index (χ1v) is 5.44. The Morgan fingerprint density at radius 3 is 2.73 bits per heavy atom. The average Bonchev–Trinajstić information content (AvgIpc) is 2.16. The van der Waals surface area contributed by atoms with Gasteiger partial charge in [-0.1, -0.05) is 6.07 Å². The Morgan fingerprint density at radius 2 is 2.20 bits per heavy atom. The van der Waals surface area contributed by atoms with Crippen molar-refractivity contribution in [3.8, 4) is 5.75 Å². The van der Waals surface area contributed by atoms with Gasteiger partial charge in [0.1, 0.15) is 5.75 Å². The zero-order chi connectivity index (χ0) is 10.7. The first-order valence-electron chi connectivity index (χ1n) is 5.44. The molecule has 2 N–H and O–H groups in total. The number of anilines is 1. The van der Waals surface area contributed by atoms with Crippen LogP contribution in [0.2, 0.25) is 0 Å². The van der Waals surface area contributed by atoms with Crippen molar-refractivity contribution in [2.24, 2.45) is 0 Å². The largest absolute Gasteiger partial charge is 0.495 e. The Morgan fingerprint density at radius 1 is 1.40 bits per heavy atom. The molecule has 1 aromatic carbocycles. The molecule has 1 fully saturated rings. The standard InChI is InChI=1S/C12H18N2O/c1-15-12-4-3-10(9-11(12)13)5-8-14-6-2-7-14/h3-4,9H,2,5-8,13H2,1H3. The van der Waals surface area contributed by atoms with Gasteiger partial charge < -0.3 is 15.4 Å². The minimum atomic E-state index is 0.735. The Hall–Kier alpha value is -1.22. The fourth-order valence-corrected chi connectivity index (χ4v) is 1.83. The lowest BCUT2D eigenvalue weighted by atomic mass is 10.1. The van der Waals surface area contributed by atoms with Crippen LogP contribution in [-0.2, 0) is 6.42 Å². The molecule has 82 valence electrons. The molecule has 1 aliphatic heterocycles. The molecule has 1 aromatic rings. The van der Waals surface area contributed by atoms with Gasteiger partial charge in [-0.05, 0) is 43.6 Å². The van der Waals surface area contributed by atoms with Crippen molar-refractivity contribution in [1.29, 1.82) is 0 Å². The van der Waals surface area contributed by atoms with Crippen LogP contribution < -0.4 is 10.5 Å². The van der Waals surface area contributed by atoms with E-state index < -0.39 is 0 Å². The number of likely N-dealkylation sites (tertiary alicyclic amines) is 1. The molecule has 0 bridgehead atoms. The Balaban J connectivity index is 1.93. The maximum atomic E-state index is 5.85. The number of hydrogen-bond acceptors (Lipinski definition) is 3. The van der Waals surface area contributed by atoms with Gasteiger partial charge in [0.25, 0.3) is 0 Å². The van der Waals surface area contributed by atoms with Crippen LogP contribution in [0.15, 0.2) is 18.2 Å². The quantitative estimate of drug-likeness (QED) is 0.759. The second-order valence-corrected chi connectivity index (χ2v) is 4.02. The summed E-state index contributed by atoms with van der Waals surface area (Å²) >= 11 is 0. The van der Waals surface area contributed by atoms with Crippen molar-refractivity contribution in [3.63, 3.8) is 0 Å². The minimum absolute atomic E-state index is 0.735. The molecule has 0 unspecified atom stereocenters. The minimum Gasteiger partial charge on any atom is -0.495 e. The number of hydrogen-bond donors (Lipinski definition) is 1. The average molecular weight is 206 g/mol. The van der Waals surface area contributed by atoms with Gasteiger partial charge in [0.2, 0.25) is 0 Å². The van der Waals surface area contributed by atoms with E-state index in [4.69, 9.17) is 10.5 Å². The number of nitrogens with two attached hydrogens (primary N) is 1. The van der Waals surface area contributed by atoms with Crippen molar-refractivity contribution in [2.45, 2.75) is 12.8 Å². The van der Waals surface area contributed by atoms with Crippen LogP contribution in [-0.4, -0.2) is 31.6 Å². The molecule has 1 saturated heterocycles. The molecular formula is C12H18N2O. The molecule has 0 atom stereocenters. The van der Waals surface area contributed by atoms with Gasteiger partial charge in [-0.2, -0.15) is 0 Å².